The molecule has 0 unspecified atom stereocenters. The molecule has 2 aromatic heterocycles. The van der Waals surface area contributed by atoms with Gasteiger partial charge in [-0.1, -0.05) is 36.4 Å². The van der Waals surface area contributed by atoms with Gasteiger partial charge in [-0.15, -0.1) is 0 Å². The number of ether oxygens (including phenoxy) is 5. The van der Waals surface area contributed by atoms with Gasteiger partial charge in [-0.25, -0.2) is 8.42 Å². The molecule has 1 aliphatic carbocycles. The molecule has 1 saturated carbocycles. The average molecular weight is 987 g/mol. The van der Waals surface area contributed by atoms with Crippen LogP contribution in [0.4, 0.5) is 28.4 Å². The quantitative estimate of drug-likeness (QED) is 0.0924. The molecule has 0 bridgehead atoms. The number of benzene rings is 3. The van der Waals surface area contributed by atoms with Gasteiger partial charge in [-0.3, -0.25) is 19.8 Å². The molecule has 19 heteroatoms. The fraction of sp³-hybridized carbons (Fsp3) is 0.462. The zero-order valence-corrected chi connectivity index (χ0v) is 40.5. The van der Waals surface area contributed by atoms with Crippen molar-refractivity contribution in [3.63, 3.8) is 0 Å². The molecule has 71 heavy (non-hydrogen) atoms. The smallest absolute Gasteiger partial charge is 0.297 e. The molecule has 4 N–H and O–H groups in total. The number of amides is 1. The largest absolute Gasteiger partial charge is 0.489 e. The summed E-state index contributed by atoms with van der Waals surface area (Å²) in [5.74, 6) is -0.615. The molecule has 1 amide bonds. The van der Waals surface area contributed by atoms with Crippen molar-refractivity contribution < 1.29 is 41.8 Å². The van der Waals surface area contributed by atoms with Crippen LogP contribution >= 0.6 is 0 Å². The highest BCUT2D eigenvalue weighted by Gasteiger charge is 2.51. The molecule has 1 spiro atoms. The molecule has 8 heterocycles. The first-order valence-electron chi connectivity index (χ1n) is 24.8. The first kappa shape index (κ1) is 45.9. The Morgan fingerprint density at radius 2 is 1.75 bits per heavy atom. The van der Waals surface area contributed by atoms with Crippen LogP contribution < -0.4 is 30.3 Å². The van der Waals surface area contributed by atoms with Gasteiger partial charge in [-0.2, -0.15) is 4.98 Å². The highest BCUT2D eigenvalue weighted by molar-refractivity contribution is 7.91. The van der Waals surface area contributed by atoms with E-state index in [-0.39, 0.29) is 63.6 Å². The number of nitro benzene ring substituents is 1. The summed E-state index contributed by atoms with van der Waals surface area (Å²) in [4.78, 5) is 40.3. The Kier molecular flexibility index (Phi) is 11.5. The summed E-state index contributed by atoms with van der Waals surface area (Å²) in [6.07, 6.45) is 7.14. The lowest BCUT2D eigenvalue weighted by atomic mass is 9.59. The minimum Gasteiger partial charge on any atom is -0.489 e. The summed E-state index contributed by atoms with van der Waals surface area (Å²) in [5, 5.41) is 16.9. The number of nitro groups is 1. The van der Waals surface area contributed by atoms with Gasteiger partial charge < -0.3 is 49.5 Å². The Hall–Kier alpha value is -6.25. The van der Waals surface area contributed by atoms with Crippen molar-refractivity contribution in [3.05, 3.63) is 100 Å². The number of sulfone groups is 1. The van der Waals surface area contributed by atoms with Crippen molar-refractivity contribution in [2.45, 2.75) is 98.0 Å². The van der Waals surface area contributed by atoms with Gasteiger partial charge in [0.05, 0.1) is 65.3 Å². The van der Waals surface area contributed by atoms with Crippen molar-refractivity contribution in [2.24, 2.45) is 11.1 Å². The number of carbonyl (C=O) groups excluding carboxylic acids is 1. The molecule has 7 aliphatic rings. The highest BCUT2D eigenvalue weighted by Crippen LogP contribution is 2.56. The Labute approximate surface area is 411 Å². The van der Waals surface area contributed by atoms with E-state index in [0.717, 1.165) is 62.1 Å². The first-order valence-corrected chi connectivity index (χ1v) is 26.3. The van der Waals surface area contributed by atoms with Crippen molar-refractivity contribution in [3.8, 4) is 11.6 Å². The van der Waals surface area contributed by atoms with Gasteiger partial charge in [-0.05, 0) is 99.2 Å². The number of hydrogen-bond donors (Lipinski definition) is 3. The summed E-state index contributed by atoms with van der Waals surface area (Å²) in [6, 6.07) is 17.8. The number of piperidine rings is 1. The van der Waals surface area contributed by atoms with Crippen LogP contribution in [0.2, 0.25) is 0 Å². The first-order chi connectivity index (χ1) is 34.4. The number of nitrogens with zero attached hydrogens (tertiary/aromatic N) is 5. The molecule has 4 saturated heterocycles. The van der Waals surface area contributed by atoms with Crippen LogP contribution in [0.3, 0.4) is 0 Å². The van der Waals surface area contributed by atoms with Gasteiger partial charge in [0, 0.05) is 55.5 Å². The van der Waals surface area contributed by atoms with Crippen molar-refractivity contribution in [1.29, 1.82) is 0 Å². The maximum atomic E-state index is 16.1. The van der Waals surface area contributed by atoms with E-state index < -0.39 is 50.6 Å². The number of fused-ring (bicyclic) bond motifs is 4. The average Bonchev–Trinajstić information content (AvgIpc) is 4.06. The maximum absolute atomic E-state index is 16.1. The number of nitrogens with one attached hydrogen (secondary N) is 2. The lowest BCUT2D eigenvalue weighted by Gasteiger charge is -2.56. The molecule has 3 aromatic carbocycles. The van der Waals surface area contributed by atoms with E-state index in [4.69, 9.17) is 34.4 Å². The van der Waals surface area contributed by atoms with E-state index in [1.807, 2.05) is 17.0 Å². The van der Waals surface area contributed by atoms with Crippen molar-refractivity contribution in [2.75, 3.05) is 74.4 Å². The standard InChI is InChI=1S/C52H58N8O10S/c1-30(2)34-6-3-4-7-35(34)38-8-5-16-58(38)32-25-52(26-32)13-17-57(18-14-52)40-10-9-36(49(53)61)47(59-39-12-19-66-29-45(39)70-51-42(59)22-31-11-15-54-50(31)56-51)48(40)71(64,65)33-23-41(60(62)63)46-43(24-33)69-27-37(55-46)44-28-67-20-21-68-44/h3-4,6-7,9-11,15,22-24,32,37-39,44-45,55H,1,5,8,12-14,16-21,25-29H2,2H3,(H2,53,61)(H,54,56)/t37-,38-,39-,44+,45-/m0/s1. The summed E-state index contributed by atoms with van der Waals surface area (Å²) in [5.41, 5.74) is 11.0. The summed E-state index contributed by atoms with van der Waals surface area (Å²) in [6.45, 7) is 10.1. The summed E-state index contributed by atoms with van der Waals surface area (Å²) < 4.78 is 62.4. The zero-order valence-electron chi connectivity index (χ0n) is 39.6. The number of nitrogens with two attached hydrogens (primary N) is 1. The number of carbonyl (C=O) groups is 1. The Balaban J connectivity index is 0.950. The fourth-order valence-electron chi connectivity index (χ4n) is 12.6. The van der Waals surface area contributed by atoms with Crippen molar-refractivity contribution in [1.82, 2.24) is 14.9 Å². The zero-order chi connectivity index (χ0) is 48.8. The number of aromatic amines is 1. The predicted octanol–water partition coefficient (Wildman–Crippen LogP) is 7.30. The van der Waals surface area contributed by atoms with Crippen LogP contribution in [0.25, 0.3) is 16.6 Å². The summed E-state index contributed by atoms with van der Waals surface area (Å²) in [7, 11) is -4.79. The minimum absolute atomic E-state index is 0.00276. The number of likely N-dealkylation sites (tertiary alicyclic amines) is 1. The molecule has 0 radical (unpaired) electrons. The van der Waals surface area contributed by atoms with Crippen molar-refractivity contribution >= 4 is 60.8 Å². The van der Waals surface area contributed by atoms with Crippen LogP contribution in [0.1, 0.15) is 79.4 Å². The third-order valence-corrected chi connectivity index (χ3v) is 17.9. The summed E-state index contributed by atoms with van der Waals surface area (Å²) >= 11 is 0. The third kappa shape index (κ3) is 7.87. The molecular formula is C52H58N8O10S. The Bertz CT molecular complexity index is 3070. The van der Waals surface area contributed by atoms with E-state index in [1.54, 1.807) is 18.3 Å². The molecule has 6 aliphatic heterocycles. The second kappa shape index (κ2) is 17.8. The minimum atomic E-state index is -4.79. The Morgan fingerprint density at radius 1 is 0.944 bits per heavy atom. The van der Waals surface area contributed by atoms with Gasteiger partial charge >= 0.3 is 0 Å². The monoisotopic (exact) mass is 986 g/mol. The SMILES string of the molecule is C=C(C)c1ccccc1[C@@H]1CCCN1C1CC2(CCN(c3ccc(C(N)=O)c(N4c5cc6cc[nH]c6nc5O[C@H]5COCC[C@@H]54)c3S(=O)(=O)c3cc4c(c([N+](=O)[O-])c3)N[C@H]([C@H]3COCCO3)CO4)CC2)C1. The van der Waals surface area contributed by atoms with E-state index in [0.29, 0.717) is 68.4 Å². The number of aromatic nitrogens is 2. The van der Waals surface area contributed by atoms with Crippen LogP contribution in [0.15, 0.2) is 83.2 Å². The lowest BCUT2D eigenvalue weighted by molar-refractivity contribution is -0.384. The lowest BCUT2D eigenvalue weighted by Crippen LogP contribution is -2.55. The van der Waals surface area contributed by atoms with Gasteiger partial charge in [0.2, 0.25) is 15.7 Å². The third-order valence-electron chi connectivity index (χ3n) is 16.1. The number of rotatable bonds is 10. The molecule has 5 fully saturated rings. The predicted molar refractivity (Wildman–Crippen MR) is 266 cm³/mol. The molecule has 12 rings (SSSR count). The molecular weight excluding hydrogens is 929 g/mol. The molecule has 372 valence electrons. The van der Waals surface area contributed by atoms with Gasteiger partial charge in [0.1, 0.15) is 35.0 Å². The fourth-order valence-corrected chi connectivity index (χ4v) is 14.3. The second-order valence-corrected chi connectivity index (χ2v) is 22.2. The molecule has 5 atom stereocenters. The number of hydrogen-bond acceptors (Lipinski definition) is 15. The Morgan fingerprint density at radius 3 is 2.52 bits per heavy atom. The van der Waals surface area contributed by atoms with E-state index in [9.17, 15) is 14.9 Å². The number of anilines is 4. The van der Waals surface area contributed by atoms with Gasteiger partial charge in [0.15, 0.2) is 11.4 Å². The van der Waals surface area contributed by atoms with E-state index in [2.05, 4.69) is 57.9 Å². The molecule has 5 aromatic rings. The highest BCUT2D eigenvalue weighted by atomic mass is 32.2. The number of primary amides is 1. The topological polar surface area (TPSA) is 217 Å². The maximum Gasteiger partial charge on any atom is 0.297 e. The second-order valence-electron chi connectivity index (χ2n) is 20.3. The van der Waals surface area contributed by atoms with Crippen LogP contribution in [-0.2, 0) is 24.0 Å². The van der Waals surface area contributed by atoms with Gasteiger partial charge in [0.25, 0.3) is 11.6 Å². The van der Waals surface area contributed by atoms with E-state index in [1.165, 1.54) is 17.2 Å². The molecule has 18 nitrogen and oxygen atoms in total. The van der Waals surface area contributed by atoms with Crippen LogP contribution in [0, 0.1) is 15.5 Å². The van der Waals surface area contributed by atoms with Crippen LogP contribution in [0.5, 0.6) is 11.6 Å². The number of pyridine rings is 1. The van der Waals surface area contributed by atoms with Crippen LogP contribution in [-0.4, -0.2) is 124 Å². The normalized spacial score (nSPS) is 25.3. The number of allylic oxidation sites excluding steroid dienone is 1. The van der Waals surface area contributed by atoms with E-state index >= 15 is 8.42 Å². The number of H-pyrrole nitrogens is 1.